The fourth-order valence-corrected chi connectivity index (χ4v) is 5.11. The Bertz CT molecular complexity index is 1140. The van der Waals surface area contributed by atoms with E-state index in [2.05, 4.69) is 81.1 Å². The van der Waals surface area contributed by atoms with Crippen LogP contribution in [0.3, 0.4) is 0 Å². The zero-order chi connectivity index (χ0) is 21.5. The Morgan fingerprint density at radius 2 is 1.90 bits per heavy atom. The highest BCUT2D eigenvalue weighted by Gasteiger charge is 2.44. The molecular weight excluding hydrogens is 376 g/mol. The summed E-state index contributed by atoms with van der Waals surface area (Å²) < 4.78 is 0. The molecule has 0 spiro atoms. The minimum Gasteiger partial charge on any atom is -0.293 e. The van der Waals surface area contributed by atoms with Crippen molar-refractivity contribution in [3.63, 3.8) is 0 Å². The number of carbonyl (C=O) groups is 1. The molecule has 0 heterocycles. The number of hydrogen-bond donors (Lipinski definition) is 0. The van der Waals surface area contributed by atoms with Gasteiger partial charge in [-0.05, 0) is 77.0 Å². The van der Waals surface area contributed by atoms with Gasteiger partial charge in [-0.15, -0.1) is 0 Å². The van der Waals surface area contributed by atoms with Gasteiger partial charge in [0, 0.05) is 11.5 Å². The van der Waals surface area contributed by atoms with Crippen LogP contribution in [0.4, 0.5) is 0 Å². The molecule has 1 fully saturated rings. The van der Waals surface area contributed by atoms with Crippen molar-refractivity contribution in [2.24, 2.45) is 11.8 Å². The summed E-state index contributed by atoms with van der Waals surface area (Å²) in [7, 11) is 0. The Kier molecular flexibility index (Phi) is 5.14. The summed E-state index contributed by atoms with van der Waals surface area (Å²) in [4.78, 5) is 13.4. The van der Waals surface area contributed by atoms with Crippen LogP contribution < -0.4 is 0 Å². The van der Waals surface area contributed by atoms with Crippen LogP contribution in [0.5, 0.6) is 0 Å². The summed E-state index contributed by atoms with van der Waals surface area (Å²) in [6.45, 7) is 8.53. The van der Waals surface area contributed by atoms with Crippen LogP contribution in [0.1, 0.15) is 61.3 Å². The van der Waals surface area contributed by atoms with E-state index < -0.39 is 0 Å². The lowest BCUT2D eigenvalue weighted by Gasteiger charge is -2.25. The fourth-order valence-electron chi connectivity index (χ4n) is 5.11. The number of allylic oxidation sites excluding steroid dienone is 6. The molecule has 5 rings (SSSR count). The summed E-state index contributed by atoms with van der Waals surface area (Å²) in [5.41, 5.74) is 9.68. The van der Waals surface area contributed by atoms with Gasteiger partial charge < -0.3 is 0 Å². The minimum absolute atomic E-state index is 0.0631. The van der Waals surface area contributed by atoms with E-state index in [1.165, 1.54) is 45.4 Å². The van der Waals surface area contributed by atoms with E-state index in [4.69, 9.17) is 0 Å². The molecule has 0 aromatic heterocycles. The van der Waals surface area contributed by atoms with Crippen LogP contribution in [0.2, 0.25) is 0 Å². The second-order valence-corrected chi connectivity index (χ2v) is 9.28. The third-order valence-electron chi connectivity index (χ3n) is 7.20. The van der Waals surface area contributed by atoms with Crippen LogP contribution >= 0.6 is 0 Å². The van der Waals surface area contributed by atoms with Crippen molar-refractivity contribution in [1.82, 2.24) is 0 Å². The minimum atomic E-state index is -0.0631. The van der Waals surface area contributed by atoms with Crippen LogP contribution in [-0.4, -0.2) is 5.78 Å². The standard InChI is InChI=1S/C30H30O/c1-4-21-12-13-24-17-29(30(31)20(3)26(24)15-21)28-16-22(14-25-18-27(25)28)11-10-19(2)23-8-6-5-7-9-23/h5-9,12-17,20,25,27H,2,4,10-11,18H2,1,3H3. The molecule has 3 unspecified atom stereocenters. The Morgan fingerprint density at radius 1 is 1.10 bits per heavy atom. The molecule has 0 radical (unpaired) electrons. The Labute approximate surface area is 185 Å². The van der Waals surface area contributed by atoms with E-state index in [-0.39, 0.29) is 11.7 Å². The van der Waals surface area contributed by atoms with Crippen molar-refractivity contribution < 1.29 is 4.79 Å². The van der Waals surface area contributed by atoms with Gasteiger partial charge in [-0.1, -0.05) is 86.7 Å². The monoisotopic (exact) mass is 406 g/mol. The molecule has 3 aliphatic carbocycles. The molecule has 31 heavy (non-hydrogen) atoms. The van der Waals surface area contributed by atoms with E-state index in [0.717, 1.165) is 24.8 Å². The molecule has 1 nitrogen and oxygen atoms in total. The van der Waals surface area contributed by atoms with E-state index in [9.17, 15) is 4.79 Å². The maximum Gasteiger partial charge on any atom is 0.170 e. The Hall–Kier alpha value is -2.93. The van der Waals surface area contributed by atoms with E-state index >= 15 is 0 Å². The lowest BCUT2D eigenvalue weighted by molar-refractivity contribution is -0.116. The van der Waals surface area contributed by atoms with Crippen molar-refractivity contribution >= 4 is 17.4 Å². The zero-order valence-electron chi connectivity index (χ0n) is 18.5. The molecule has 0 aliphatic heterocycles. The molecule has 1 heteroatoms. The number of rotatable bonds is 6. The molecular formula is C30H30O. The highest BCUT2D eigenvalue weighted by atomic mass is 16.1. The summed E-state index contributed by atoms with van der Waals surface area (Å²) in [6.07, 6.45) is 11.0. The van der Waals surface area contributed by atoms with Crippen LogP contribution in [0.25, 0.3) is 11.6 Å². The maximum absolute atomic E-state index is 13.4. The topological polar surface area (TPSA) is 17.1 Å². The predicted octanol–water partition coefficient (Wildman–Crippen LogP) is 7.31. The van der Waals surface area contributed by atoms with Crippen molar-refractivity contribution in [1.29, 1.82) is 0 Å². The van der Waals surface area contributed by atoms with E-state index in [1.807, 2.05) is 6.07 Å². The maximum atomic E-state index is 13.4. The molecule has 0 bridgehead atoms. The number of carbonyl (C=O) groups excluding carboxylic acids is 1. The molecule has 2 aromatic carbocycles. The first kappa shape index (κ1) is 20.0. The quantitative estimate of drug-likeness (QED) is 0.491. The van der Waals surface area contributed by atoms with E-state index in [0.29, 0.717) is 11.8 Å². The lowest BCUT2D eigenvalue weighted by atomic mass is 9.77. The Morgan fingerprint density at radius 3 is 2.68 bits per heavy atom. The summed E-state index contributed by atoms with van der Waals surface area (Å²) >= 11 is 0. The molecule has 2 aromatic rings. The zero-order valence-corrected chi connectivity index (χ0v) is 18.5. The van der Waals surface area contributed by atoms with Gasteiger partial charge in [0.05, 0.1) is 0 Å². The molecule has 0 N–H and O–H groups in total. The Balaban J connectivity index is 1.40. The number of ketones is 1. The molecule has 0 amide bonds. The van der Waals surface area contributed by atoms with Gasteiger partial charge in [0.1, 0.15) is 0 Å². The first-order valence-electron chi connectivity index (χ1n) is 11.6. The number of Topliss-reactive ketones (excluding diaryl/α,β-unsaturated/α-hetero) is 1. The number of hydrogen-bond acceptors (Lipinski definition) is 1. The van der Waals surface area contributed by atoms with Crippen LogP contribution in [0.15, 0.2) is 84.0 Å². The summed E-state index contributed by atoms with van der Waals surface area (Å²) in [5, 5.41) is 0. The van der Waals surface area contributed by atoms with Gasteiger partial charge in [-0.3, -0.25) is 4.79 Å². The molecule has 156 valence electrons. The van der Waals surface area contributed by atoms with Crippen molar-refractivity contribution in [3.05, 3.63) is 106 Å². The third kappa shape index (κ3) is 3.78. The summed E-state index contributed by atoms with van der Waals surface area (Å²) in [5.74, 6) is 1.35. The van der Waals surface area contributed by atoms with Gasteiger partial charge in [0.2, 0.25) is 0 Å². The third-order valence-corrected chi connectivity index (χ3v) is 7.20. The lowest BCUT2D eigenvalue weighted by Crippen LogP contribution is -2.20. The fraction of sp³-hybridized carbons (Fsp3) is 0.300. The second-order valence-electron chi connectivity index (χ2n) is 9.28. The van der Waals surface area contributed by atoms with Crippen molar-refractivity contribution in [3.8, 4) is 0 Å². The van der Waals surface area contributed by atoms with Crippen LogP contribution in [0, 0.1) is 11.8 Å². The van der Waals surface area contributed by atoms with Gasteiger partial charge in [0.25, 0.3) is 0 Å². The SMILES string of the molecule is C=C(CCC1=CC2CC2C(C2=Cc3ccc(CC)cc3C(C)C2=O)=C1)c1ccccc1. The highest BCUT2D eigenvalue weighted by Crippen LogP contribution is 2.53. The second kappa shape index (κ2) is 7.96. The van der Waals surface area contributed by atoms with Gasteiger partial charge >= 0.3 is 0 Å². The van der Waals surface area contributed by atoms with Crippen molar-refractivity contribution in [2.45, 2.75) is 45.4 Å². The van der Waals surface area contributed by atoms with Gasteiger partial charge in [-0.25, -0.2) is 0 Å². The molecule has 1 saturated carbocycles. The van der Waals surface area contributed by atoms with Gasteiger partial charge in [-0.2, -0.15) is 0 Å². The first-order valence-corrected chi connectivity index (χ1v) is 11.6. The average Bonchev–Trinajstić information content (AvgIpc) is 3.59. The number of aryl methyl sites for hydroxylation is 1. The summed E-state index contributed by atoms with van der Waals surface area (Å²) in [6, 6.07) is 17.1. The van der Waals surface area contributed by atoms with Gasteiger partial charge in [0.15, 0.2) is 5.78 Å². The highest BCUT2D eigenvalue weighted by molar-refractivity contribution is 6.10. The normalized spacial score (nSPS) is 23.9. The molecule has 0 saturated heterocycles. The number of fused-ring (bicyclic) bond motifs is 2. The smallest absolute Gasteiger partial charge is 0.170 e. The molecule has 3 aliphatic rings. The first-order chi connectivity index (χ1) is 15.0. The van der Waals surface area contributed by atoms with E-state index in [1.54, 1.807) is 0 Å². The van der Waals surface area contributed by atoms with Crippen molar-refractivity contribution in [2.75, 3.05) is 0 Å². The van der Waals surface area contributed by atoms with Crippen LogP contribution in [-0.2, 0) is 11.2 Å². The molecule has 3 atom stereocenters. The number of benzene rings is 2. The largest absolute Gasteiger partial charge is 0.293 e. The average molecular weight is 407 g/mol. The predicted molar refractivity (Wildman–Crippen MR) is 130 cm³/mol.